The SMILES string of the molecule is Cc1ccc(-c2cc3c(-c4ccccc4)c4c(cc3[cH-]2)C(C)(C)CC4(C)C)o1.Cc1ccc(-c2cc3c(-c4ccccc4)c4c(cc3[cH-]2)C(C)(C)CC4(C)C)o1.[CH3-].[CH3-].[Si]=[Zr]([Cl])[Cl]. The van der Waals surface area contributed by atoms with Gasteiger partial charge in [0.05, 0.1) is 23.0 Å². The molecule has 10 rings (SSSR count). The zero-order valence-corrected chi connectivity index (χ0v) is 43.5. The monoisotopic (exact) mass is 952 g/mol. The van der Waals surface area contributed by atoms with Crippen LogP contribution in [-0.2, 0) is 39.6 Å². The normalized spacial score (nSPS) is 15.9. The van der Waals surface area contributed by atoms with Crippen molar-refractivity contribution in [1.82, 2.24) is 0 Å². The second kappa shape index (κ2) is 17.7. The van der Waals surface area contributed by atoms with Gasteiger partial charge in [-0.2, -0.15) is 0 Å². The number of aryl methyl sites for hydroxylation is 2. The molecule has 2 nitrogen and oxygen atoms in total. The van der Waals surface area contributed by atoms with Gasteiger partial charge in [-0.3, -0.25) is 0 Å². The molecule has 2 aliphatic rings. The molecule has 62 heavy (non-hydrogen) atoms. The Morgan fingerprint density at radius 3 is 1.16 bits per heavy atom. The molecule has 2 heterocycles. The van der Waals surface area contributed by atoms with Gasteiger partial charge in [-0.1, -0.05) is 138 Å². The molecule has 6 aromatic carbocycles. The van der Waals surface area contributed by atoms with E-state index in [9.17, 15) is 0 Å². The number of benzene rings is 4. The van der Waals surface area contributed by atoms with Crippen molar-refractivity contribution >= 4 is 45.4 Å². The molecule has 0 saturated carbocycles. The summed E-state index contributed by atoms with van der Waals surface area (Å²) in [5.74, 6) is 3.80. The topological polar surface area (TPSA) is 26.3 Å². The maximum atomic E-state index is 5.93. The van der Waals surface area contributed by atoms with Crippen molar-refractivity contribution in [2.45, 2.75) is 104 Å². The third-order valence-corrected chi connectivity index (χ3v) is 12.8. The zero-order chi connectivity index (χ0) is 42.9. The van der Waals surface area contributed by atoms with Crippen LogP contribution in [0.2, 0.25) is 0 Å². The molecule has 0 N–H and O–H groups in total. The average molecular weight is 955 g/mol. The van der Waals surface area contributed by atoms with Crippen LogP contribution in [0.5, 0.6) is 0 Å². The number of hydrogen-bond acceptors (Lipinski definition) is 2. The van der Waals surface area contributed by atoms with E-state index in [1.807, 2.05) is 26.0 Å². The molecule has 0 fully saturated rings. The van der Waals surface area contributed by atoms with Gasteiger partial charge in [0.2, 0.25) is 0 Å². The molecule has 2 radical (unpaired) electrons. The Bertz CT molecular complexity index is 2680. The van der Waals surface area contributed by atoms with Crippen LogP contribution in [0, 0.1) is 28.7 Å². The predicted molar refractivity (Wildman–Crippen MR) is 266 cm³/mol. The average Bonchev–Trinajstić information content (AvgIpc) is 4.02. The summed E-state index contributed by atoms with van der Waals surface area (Å²) in [7, 11) is 10.3. The molecule has 0 aliphatic heterocycles. The van der Waals surface area contributed by atoms with Crippen LogP contribution in [0.25, 0.3) is 66.4 Å². The third-order valence-electron chi connectivity index (χ3n) is 12.8. The second-order valence-corrected chi connectivity index (χ2v) is 33.1. The molecular weight excluding hydrogens is 895 g/mol. The minimum atomic E-state index is -1.79. The zero-order valence-electron chi connectivity index (χ0n) is 38.5. The van der Waals surface area contributed by atoms with Gasteiger partial charge in [-0.15, -0.1) is 57.9 Å². The number of furan rings is 2. The molecule has 0 amide bonds. The molecule has 0 unspecified atom stereocenters. The van der Waals surface area contributed by atoms with Gasteiger partial charge >= 0.3 is 41.9 Å². The Morgan fingerprint density at radius 2 is 0.855 bits per heavy atom. The summed E-state index contributed by atoms with van der Waals surface area (Å²) < 4.78 is 11.9. The van der Waals surface area contributed by atoms with Gasteiger partial charge < -0.3 is 23.7 Å². The van der Waals surface area contributed by atoms with Crippen LogP contribution in [0.4, 0.5) is 0 Å². The van der Waals surface area contributed by atoms with Crippen molar-refractivity contribution in [2.75, 3.05) is 0 Å². The Hall–Kier alpha value is -3.66. The molecule has 0 spiro atoms. The van der Waals surface area contributed by atoms with Gasteiger partial charge in [-0.05, 0) is 106 Å². The Morgan fingerprint density at radius 1 is 0.516 bits per heavy atom. The van der Waals surface area contributed by atoms with E-state index in [1.165, 1.54) is 90.0 Å². The van der Waals surface area contributed by atoms with E-state index in [0.717, 1.165) is 23.0 Å². The number of halogens is 2. The van der Waals surface area contributed by atoms with Gasteiger partial charge in [-0.25, -0.2) is 0 Å². The predicted octanol–water partition coefficient (Wildman–Crippen LogP) is 17.4. The van der Waals surface area contributed by atoms with Crippen molar-refractivity contribution in [1.29, 1.82) is 0 Å². The van der Waals surface area contributed by atoms with Crippen molar-refractivity contribution in [2.24, 2.45) is 0 Å². The third kappa shape index (κ3) is 9.02. The van der Waals surface area contributed by atoms with Crippen LogP contribution in [0.1, 0.15) is 102 Å². The minimum absolute atomic E-state index is 0. The summed E-state index contributed by atoms with van der Waals surface area (Å²) in [6.45, 7) is 26.2. The van der Waals surface area contributed by atoms with E-state index < -0.39 is 18.0 Å². The molecule has 0 atom stereocenters. The van der Waals surface area contributed by atoms with Crippen molar-refractivity contribution < 1.29 is 26.8 Å². The first-order chi connectivity index (χ1) is 28.3. The second-order valence-electron chi connectivity index (χ2n) is 19.5. The maximum absolute atomic E-state index is 5.93. The summed E-state index contributed by atoms with van der Waals surface area (Å²) in [6.07, 6.45) is 2.35. The van der Waals surface area contributed by atoms with Crippen molar-refractivity contribution in [3.05, 3.63) is 170 Å². The first-order valence-corrected chi connectivity index (χ1v) is 31.5. The molecule has 2 aromatic heterocycles. The van der Waals surface area contributed by atoms with E-state index in [4.69, 9.17) is 25.9 Å². The van der Waals surface area contributed by atoms with Gasteiger partial charge in [0.1, 0.15) is 0 Å². The van der Waals surface area contributed by atoms with E-state index in [1.54, 1.807) is 0 Å². The van der Waals surface area contributed by atoms with E-state index in [-0.39, 0.29) is 36.5 Å². The summed E-state index contributed by atoms with van der Waals surface area (Å²) in [5, 5.41) is 5.29. The van der Waals surface area contributed by atoms with Gasteiger partial charge in [0.25, 0.3) is 0 Å². The quantitative estimate of drug-likeness (QED) is 0.130. The molecule has 8 aromatic rings. The molecular formula is C56H60Cl2O2SiZr-4. The number of rotatable bonds is 4. The summed E-state index contributed by atoms with van der Waals surface area (Å²) in [6, 6.07) is 44.1. The molecule has 2 aliphatic carbocycles. The fourth-order valence-electron chi connectivity index (χ4n) is 11.0. The molecule has 0 bridgehead atoms. The Kier molecular flexibility index (Phi) is 13.7. The standard InChI is InChI=1S/2C27H27O.2CH3.2ClH.Si.Zr/c2*1-17-11-12-23(28-17)20-13-19-15-22-25(27(4,5)16-26(22,2)3)24(21(19)14-20)18-9-7-6-8-10-18;;;;;;/h2*6-15H,16H2,1-5H3;2*1H3;2*1H;;/q4*-1;;;;+2/p-2. The van der Waals surface area contributed by atoms with E-state index in [2.05, 4.69) is 171 Å². The van der Waals surface area contributed by atoms with Crippen LogP contribution in [-0.4, -0.2) is 6.88 Å². The van der Waals surface area contributed by atoms with Gasteiger partial charge in [0.15, 0.2) is 0 Å². The fourth-order valence-corrected chi connectivity index (χ4v) is 11.0. The van der Waals surface area contributed by atoms with Crippen LogP contribution >= 0.6 is 17.0 Å². The van der Waals surface area contributed by atoms with E-state index >= 15 is 0 Å². The van der Waals surface area contributed by atoms with Crippen LogP contribution < -0.4 is 0 Å². The van der Waals surface area contributed by atoms with Crippen LogP contribution in [0.15, 0.2) is 130 Å². The Balaban J connectivity index is 0.000000185. The Labute approximate surface area is 387 Å². The van der Waals surface area contributed by atoms with E-state index in [0.29, 0.717) is 0 Å². The summed E-state index contributed by atoms with van der Waals surface area (Å²) in [4.78, 5) is 0. The first-order valence-electron chi connectivity index (χ1n) is 21.0. The number of fused-ring (bicyclic) bond motifs is 4. The van der Waals surface area contributed by atoms with Crippen molar-refractivity contribution in [3.63, 3.8) is 0 Å². The molecule has 6 heteroatoms. The fraction of sp³-hybridized carbons (Fsp3) is 0.286. The first kappa shape index (κ1) is 47.8. The van der Waals surface area contributed by atoms with Crippen molar-refractivity contribution in [3.8, 4) is 44.9 Å². The number of hydrogen-bond donors (Lipinski definition) is 0. The van der Waals surface area contributed by atoms with Crippen LogP contribution in [0.3, 0.4) is 0 Å². The molecule has 0 saturated heterocycles. The molecule has 322 valence electrons. The van der Waals surface area contributed by atoms with Gasteiger partial charge in [0, 0.05) is 0 Å². The summed E-state index contributed by atoms with van der Waals surface area (Å²) in [5.41, 5.74) is 14.4. The summed E-state index contributed by atoms with van der Waals surface area (Å²) >= 11 is -1.79.